The Labute approximate surface area is 140 Å². The summed E-state index contributed by atoms with van der Waals surface area (Å²) in [4.78, 5) is 15.7. The summed E-state index contributed by atoms with van der Waals surface area (Å²) in [5.41, 5.74) is 0.185. The molecule has 0 atom stereocenters. The Morgan fingerprint density at radius 2 is 2.05 bits per heavy atom. The molecule has 0 spiro atoms. The molecular formula is C13H13BrN2O4S2. The summed E-state index contributed by atoms with van der Waals surface area (Å²) in [5, 5.41) is 2.03. The second-order valence-electron chi connectivity index (χ2n) is 4.13. The lowest BCUT2D eigenvalue weighted by Crippen LogP contribution is -2.23. The molecule has 2 aromatic rings. The molecule has 0 amide bonds. The molecule has 0 unspecified atom stereocenters. The lowest BCUT2D eigenvalue weighted by Gasteiger charge is -2.05. The Morgan fingerprint density at radius 1 is 1.36 bits per heavy atom. The molecule has 9 heteroatoms. The van der Waals surface area contributed by atoms with Crippen molar-refractivity contribution < 1.29 is 17.9 Å². The Hall–Kier alpha value is -1.29. The SMILES string of the molecule is CCOC(=O)c1csc(CNS(=O)(=O)c2ccc(Br)cc2)n1. The lowest BCUT2D eigenvalue weighted by molar-refractivity contribution is 0.0520. The Kier molecular flexibility index (Phi) is 5.68. The van der Waals surface area contributed by atoms with Crippen molar-refractivity contribution in [2.75, 3.05) is 6.61 Å². The van der Waals surface area contributed by atoms with Crippen LogP contribution in [0.4, 0.5) is 0 Å². The van der Waals surface area contributed by atoms with E-state index in [1.54, 1.807) is 24.4 Å². The van der Waals surface area contributed by atoms with Gasteiger partial charge in [0.2, 0.25) is 10.0 Å². The van der Waals surface area contributed by atoms with Gasteiger partial charge in [-0.05, 0) is 31.2 Å². The zero-order valence-electron chi connectivity index (χ0n) is 11.6. The van der Waals surface area contributed by atoms with Gasteiger partial charge in [0.25, 0.3) is 0 Å². The molecule has 1 heterocycles. The number of carbonyl (C=O) groups is 1. The maximum Gasteiger partial charge on any atom is 0.357 e. The van der Waals surface area contributed by atoms with E-state index in [-0.39, 0.29) is 23.7 Å². The number of benzene rings is 1. The number of thiazole rings is 1. The van der Waals surface area contributed by atoms with E-state index in [4.69, 9.17) is 4.74 Å². The number of nitrogens with zero attached hydrogens (tertiary/aromatic N) is 1. The predicted octanol–water partition coefficient (Wildman–Crippen LogP) is 2.56. The Morgan fingerprint density at radius 3 is 2.68 bits per heavy atom. The number of aromatic nitrogens is 1. The number of halogens is 1. The summed E-state index contributed by atoms with van der Waals surface area (Å²) < 4.78 is 32.3. The predicted molar refractivity (Wildman–Crippen MR) is 86.2 cm³/mol. The number of rotatable bonds is 6. The number of nitrogens with one attached hydrogen (secondary N) is 1. The molecule has 0 aliphatic rings. The zero-order chi connectivity index (χ0) is 16.2. The Bertz CT molecular complexity index is 757. The van der Waals surface area contributed by atoms with Gasteiger partial charge in [-0.2, -0.15) is 0 Å². The number of sulfonamides is 1. The van der Waals surface area contributed by atoms with E-state index < -0.39 is 16.0 Å². The standard InChI is InChI=1S/C13H13BrN2O4S2/c1-2-20-13(17)11-8-21-12(16-11)7-15-22(18,19)10-5-3-9(14)4-6-10/h3-6,8,15H,2,7H2,1H3. The number of esters is 1. The zero-order valence-corrected chi connectivity index (χ0v) is 14.8. The molecular weight excluding hydrogens is 392 g/mol. The van der Waals surface area contributed by atoms with Gasteiger partial charge in [0.15, 0.2) is 5.69 Å². The summed E-state index contributed by atoms with van der Waals surface area (Å²) in [7, 11) is -3.62. The third-order valence-electron chi connectivity index (χ3n) is 2.57. The fourth-order valence-corrected chi connectivity index (χ4v) is 3.59. The van der Waals surface area contributed by atoms with E-state index in [0.29, 0.717) is 5.01 Å². The van der Waals surface area contributed by atoms with Crippen LogP contribution in [0.1, 0.15) is 22.4 Å². The van der Waals surface area contributed by atoms with Gasteiger partial charge in [-0.1, -0.05) is 15.9 Å². The summed E-state index contributed by atoms with van der Waals surface area (Å²) in [6.45, 7) is 1.99. The van der Waals surface area contributed by atoms with E-state index in [9.17, 15) is 13.2 Å². The maximum atomic E-state index is 12.1. The Balaban J connectivity index is 2.03. The van der Waals surface area contributed by atoms with Crippen molar-refractivity contribution in [3.8, 4) is 0 Å². The number of ether oxygens (including phenoxy) is 1. The maximum absolute atomic E-state index is 12.1. The molecule has 1 aromatic carbocycles. The fourth-order valence-electron chi connectivity index (χ4n) is 1.54. The van der Waals surface area contributed by atoms with E-state index >= 15 is 0 Å². The molecule has 0 radical (unpaired) electrons. The van der Waals surface area contributed by atoms with Crippen LogP contribution >= 0.6 is 27.3 Å². The van der Waals surface area contributed by atoms with Crippen LogP contribution in [0.2, 0.25) is 0 Å². The number of hydrogen-bond acceptors (Lipinski definition) is 6. The first-order valence-electron chi connectivity index (χ1n) is 6.29. The van der Waals surface area contributed by atoms with Crippen LogP contribution < -0.4 is 4.72 Å². The third kappa shape index (κ3) is 4.35. The first-order chi connectivity index (χ1) is 10.4. The molecule has 0 bridgehead atoms. The second-order valence-corrected chi connectivity index (χ2v) is 7.75. The van der Waals surface area contributed by atoms with E-state index in [1.165, 1.54) is 23.5 Å². The van der Waals surface area contributed by atoms with Crippen LogP contribution in [-0.2, 0) is 21.3 Å². The second kappa shape index (κ2) is 7.32. The molecule has 0 fully saturated rings. The summed E-state index contributed by atoms with van der Waals surface area (Å²) in [5.74, 6) is -0.513. The summed E-state index contributed by atoms with van der Waals surface area (Å²) in [6.07, 6.45) is 0. The van der Waals surface area contributed by atoms with Gasteiger partial charge in [0, 0.05) is 9.85 Å². The van der Waals surface area contributed by atoms with Gasteiger partial charge in [0.1, 0.15) is 5.01 Å². The van der Waals surface area contributed by atoms with E-state index in [2.05, 4.69) is 25.6 Å². The number of carbonyl (C=O) groups excluding carboxylic acids is 1. The molecule has 1 aromatic heterocycles. The van der Waals surface area contributed by atoms with Gasteiger partial charge >= 0.3 is 5.97 Å². The highest BCUT2D eigenvalue weighted by Crippen LogP contribution is 2.16. The van der Waals surface area contributed by atoms with Crippen LogP contribution in [0.25, 0.3) is 0 Å². The average Bonchev–Trinajstić information content (AvgIpc) is 2.95. The molecule has 0 saturated heterocycles. The van der Waals surface area contributed by atoms with Crippen LogP contribution in [0.5, 0.6) is 0 Å². The average molecular weight is 405 g/mol. The summed E-state index contributed by atoms with van der Waals surface area (Å²) >= 11 is 4.45. The first-order valence-corrected chi connectivity index (χ1v) is 9.44. The minimum atomic E-state index is -3.62. The van der Waals surface area contributed by atoms with E-state index in [0.717, 1.165) is 4.47 Å². The highest BCUT2D eigenvalue weighted by molar-refractivity contribution is 9.10. The van der Waals surface area contributed by atoms with Crippen LogP contribution in [0.3, 0.4) is 0 Å². The highest BCUT2D eigenvalue weighted by Gasteiger charge is 2.16. The number of hydrogen-bond donors (Lipinski definition) is 1. The minimum absolute atomic E-state index is 0.0163. The topological polar surface area (TPSA) is 85.4 Å². The highest BCUT2D eigenvalue weighted by atomic mass is 79.9. The third-order valence-corrected chi connectivity index (χ3v) is 5.37. The van der Waals surface area contributed by atoms with Crippen LogP contribution in [0.15, 0.2) is 39.0 Å². The van der Waals surface area contributed by atoms with Crippen molar-refractivity contribution in [3.63, 3.8) is 0 Å². The van der Waals surface area contributed by atoms with Crippen LogP contribution in [0, 0.1) is 0 Å². The quantitative estimate of drug-likeness (QED) is 0.747. The van der Waals surface area contributed by atoms with Gasteiger partial charge in [-0.15, -0.1) is 11.3 Å². The monoisotopic (exact) mass is 404 g/mol. The van der Waals surface area contributed by atoms with Crippen molar-refractivity contribution in [2.45, 2.75) is 18.4 Å². The largest absolute Gasteiger partial charge is 0.461 e. The van der Waals surface area contributed by atoms with Gasteiger partial charge in [0.05, 0.1) is 18.0 Å². The van der Waals surface area contributed by atoms with Gasteiger partial charge in [-0.25, -0.2) is 22.9 Å². The van der Waals surface area contributed by atoms with Crippen molar-refractivity contribution in [1.29, 1.82) is 0 Å². The molecule has 22 heavy (non-hydrogen) atoms. The van der Waals surface area contributed by atoms with Crippen LogP contribution in [-0.4, -0.2) is 26.0 Å². The van der Waals surface area contributed by atoms with Crippen molar-refractivity contribution in [1.82, 2.24) is 9.71 Å². The normalized spacial score (nSPS) is 11.4. The molecule has 6 nitrogen and oxygen atoms in total. The molecule has 118 valence electrons. The van der Waals surface area contributed by atoms with Crippen molar-refractivity contribution >= 4 is 43.3 Å². The van der Waals surface area contributed by atoms with Gasteiger partial charge in [-0.3, -0.25) is 0 Å². The first kappa shape index (κ1) is 17.1. The van der Waals surface area contributed by atoms with Crippen molar-refractivity contribution in [2.24, 2.45) is 0 Å². The molecule has 0 aliphatic heterocycles. The molecule has 0 aliphatic carbocycles. The summed E-state index contributed by atoms with van der Waals surface area (Å²) in [6, 6.07) is 6.30. The van der Waals surface area contributed by atoms with E-state index in [1.807, 2.05) is 0 Å². The smallest absolute Gasteiger partial charge is 0.357 e. The van der Waals surface area contributed by atoms with Gasteiger partial charge < -0.3 is 4.74 Å². The lowest BCUT2D eigenvalue weighted by atomic mass is 10.4. The molecule has 1 N–H and O–H groups in total. The molecule has 2 rings (SSSR count). The fraction of sp³-hybridized carbons (Fsp3) is 0.231. The minimum Gasteiger partial charge on any atom is -0.461 e. The van der Waals surface area contributed by atoms with Crippen molar-refractivity contribution in [3.05, 3.63) is 44.8 Å². The molecule has 0 saturated carbocycles.